The van der Waals surface area contributed by atoms with Gasteiger partial charge in [-0.1, -0.05) is 0 Å². The Bertz CT molecular complexity index is 529. The molecule has 0 radical (unpaired) electrons. The predicted molar refractivity (Wildman–Crippen MR) is 78.2 cm³/mol. The van der Waals surface area contributed by atoms with Gasteiger partial charge in [0.15, 0.2) is 0 Å². The van der Waals surface area contributed by atoms with Crippen LogP contribution in [0.2, 0.25) is 0 Å². The number of hydrogen-bond donors (Lipinski definition) is 1. The molecule has 0 saturated heterocycles. The van der Waals surface area contributed by atoms with E-state index in [9.17, 15) is 0 Å². The first kappa shape index (κ1) is 13.5. The highest BCUT2D eigenvalue weighted by Gasteiger charge is 2.07. The van der Waals surface area contributed by atoms with Gasteiger partial charge >= 0.3 is 0 Å². The van der Waals surface area contributed by atoms with Gasteiger partial charge in [-0.15, -0.1) is 0 Å². The van der Waals surface area contributed by atoms with Crippen molar-refractivity contribution in [1.29, 1.82) is 0 Å². The minimum Gasteiger partial charge on any atom is -0.491 e. The largest absolute Gasteiger partial charge is 0.491 e. The van der Waals surface area contributed by atoms with Crippen LogP contribution in [0.1, 0.15) is 26.5 Å². The van der Waals surface area contributed by atoms with Crippen LogP contribution in [-0.4, -0.2) is 22.2 Å². The number of ether oxygens (including phenoxy) is 1. The minimum absolute atomic E-state index is 0.193. The molecular formula is C15H21N3O. The first-order valence-electron chi connectivity index (χ1n) is 6.67. The Balaban J connectivity index is 2.26. The molecule has 2 aromatic rings. The lowest BCUT2D eigenvalue weighted by atomic mass is 10.3. The van der Waals surface area contributed by atoms with Gasteiger partial charge in [-0.3, -0.25) is 4.57 Å². The van der Waals surface area contributed by atoms with Crippen molar-refractivity contribution in [3.05, 3.63) is 36.2 Å². The number of nitrogens with one attached hydrogen (secondary N) is 1. The van der Waals surface area contributed by atoms with Crippen LogP contribution >= 0.6 is 0 Å². The molecule has 1 N–H and O–H groups in total. The van der Waals surface area contributed by atoms with Gasteiger partial charge in [-0.05, 0) is 52.0 Å². The zero-order valence-corrected chi connectivity index (χ0v) is 12.0. The van der Waals surface area contributed by atoms with Crippen molar-refractivity contribution >= 4 is 5.95 Å². The summed E-state index contributed by atoms with van der Waals surface area (Å²) in [4.78, 5) is 4.47. The second-order valence-electron chi connectivity index (χ2n) is 4.77. The standard InChI is InChI=1S/C15H21N3O/c1-5-16-15-17-12(4)10-18(15)13-6-8-14(9-7-13)19-11(2)3/h6-11H,5H2,1-4H3,(H,16,17). The third kappa shape index (κ3) is 3.28. The van der Waals surface area contributed by atoms with E-state index in [1.165, 1.54) is 0 Å². The molecule has 0 saturated carbocycles. The van der Waals surface area contributed by atoms with Gasteiger partial charge in [0.2, 0.25) is 5.95 Å². The van der Waals surface area contributed by atoms with Crippen molar-refractivity contribution in [3.8, 4) is 11.4 Å². The SMILES string of the molecule is CCNc1nc(C)cn1-c1ccc(OC(C)C)cc1. The van der Waals surface area contributed by atoms with Crippen LogP contribution < -0.4 is 10.1 Å². The van der Waals surface area contributed by atoms with Crippen LogP contribution in [0.25, 0.3) is 5.69 Å². The topological polar surface area (TPSA) is 39.1 Å². The lowest BCUT2D eigenvalue weighted by Gasteiger charge is -2.11. The van der Waals surface area contributed by atoms with Crippen LogP contribution in [0.3, 0.4) is 0 Å². The molecule has 1 heterocycles. The van der Waals surface area contributed by atoms with E-state index in [1.807, 2.05) is 51.2 Å². The van der Waals surface area contributed by atoms with Gasteiger partial charge in [0, 0.05) is 18.4 Å². The number of imidazole rings is 1. The quantitative estimate of drug-likeness (QED) is 0.894. The molecule has 4 heteroatoms. The zero-order valence-electron chi connectivity index (χ0n) is 12.0. The average molecular weight is 259 g/mol. The van der Waals surface area contributed by atoms with Crippen molar-refractivity contribution < 1.29 is 4.74 Å². The molecule has 0 aliphatic rings. The van der Waals surface area contributed by atoms with Crippen LogP contribution in [-0.2, 0) is 0 Å². The monoisotopic (exact) mass is 259 g/mol. The van der Waals surface area contributed by atoms with Gasteiger partial charge in [0.1, 0.15) is 5.75 Å². The second kappa shape index (κ2) is 5.78. The van der Waals surface area contributed by atoms with E-state index in [-0.39, 0.29) is 6.10 Å². The highest BCUT2D eigenvalue weighted by Crippen LogP contribution is 2.20. The lowest BCUT2D eigenvalue weighted by Crippen LogP contribution is -2.06. The normalized spacial score (nSPS) is 10.8. The van der Waals surface area contributed by atoms with Gasteiger partial charge < -0.3 is 10.1 Å². The number of aryl methyl sites for hydroxylation is 1. The summed E-state index contributed by atoms with van der Waals surface area (Å²) in [6.45, 7) is 8.96. The molecule has 0 amide bonds. The first-order chi connectivity index (χ1) is 9.10. The maximum atomic E-state index is 5.65. The van der Waals surface area contributed by atoms with Crippen molar-refractivity contribution in [2.45, 2.75) is 33.8 Å². The summed E-state index contributed by atoms with van der Waals surface area (Å²) in [6, 6.07) is 8.06. The molecule has 0 bridgehead atoms. The fraction of sp³-hybridized carbons (Fsp3) is 0.400. The summed E-state index contributed by atoms with van der Waals surface area (Å²) in [5, 5.41) is 3.26. The first-order valence-corrected chi connectivity index (χ1v) is 6.67. The van der Waals surface area contributed by atoms with Gasteiger partial charge in [-0.25, -0.2) is 4.98 Å². The zero-order chi connectivity index (χ0) is 13.8. The van der Waals surface area contributed by atoms with Gasteiger partial charge in [-0.2, -0.15) is 0 Å². The number of benzene rings is 1. The lowest BCUT2D eigenvalue weighted by molar-refractivity contribution is 0.242. The summed E-state index contributed by atoms with van der Waals surface area (Å²) in [7, 11) is 0. The molecular weight excluding hydrogens is 238 g/mol. The average Bonchev–Trinajstić information content (AvgIpc) is 2.71. The number of anilines is 1. The molecule has 0 atom stereocenters. The number of nitrogens with zero attached hydrogens (tertiary/aromatic N) is 2. The Morgan fingerprint density at radius 3 is 2.53 bits per heavy atom. The maximum Gasteiger partial charge on any atom is 0.207 e. The minimum atomic E-state index is 0.193. The van der Waals surface area contributed by atoms with Crippen molar-refractivity contribution in [1.82, 2.24) is 9.55 Å². The molecule has 0 aliphatic carbocycles. The summed E-state index contributed by atoms with van der Waals surface area (Å²) in [6.07, 6.45) is 2.22. The molecule has 0 spiro atoms. The highest BCUT2D eigenvalue weighted by atomic mass is 16.5. The van der Waals surface area contributed by atoms with Crippen LogP contribution in [0.4, 0.5) is 5.95 Å². The molecule has 102 valence electrons. The van der Waals surface area contributed by atoms with E-state index >= 15 is 0 Å². The molecule has 1 aromatic heterocycles. The predicted octanol–water partition coefficient (Wildman–Crippen LogP) is 3.40. The molecule has 4 nitrogen and oxygen atoms in total. The Morgan fingerprint density at radius 2 is 1.95 bits per heavy atom. The van der Waals surface area contributed by atoms with Crippen molar-refractivity contribution in [2.75, 3.05) is 11.9 Å². The van der Waals surface area contributed by atoms with Crippen LogP contribution in [0.15, 0.2) is 30.5 Å². The molecule has 0 aliphatic heterocycles. The van der Waals surface area contributed by atoms with Crippen LogP contribution in [0, 0.1) is 6.92 Å². The summed E-state index contributed by atoms with van der Waals surface area (Å²) >= 11 is 0. The smallest absolute Gasteiger partial charge is 0.207 e. The second-order valence-corrected chi connectivity index (χ2v) is 4.77. The number of hydrogen-bond acceptors (Lipinski definition) is 3. The maximum absolute atomic E-state index is 5.65. The van der Waals surface area contributed by atoms with E-state index in [1.54, 1.807) is 0 Å². The fourth-order valence-corrected chi connectivity index (χ4v) is 1.93. The molecule has 19 heavy (non-hydrogen) atoms. The van der Waals surface area contributed by atoms with Crippen LogP contribution in [0.5, 0.6) is 5.75 Å². The van der Waals surface area contributed by atoms with Gasteiger partial charge in [0.05, 0.1) is 11.8 Å². The van der Waals surface area contributed by atoms with E-state index in [0.29, 0.717) is 0 Å². The van der Waals surface area contributed by atoms with E-state index in [4.69, 9.17) is 4.74 Å². The summed E-state index contributed by atoms with van der Waals surface area (Å²) < 4.78 is 7.70. The number of aromatic nitrogens is 2. The molecule has 1 aromatic carbocycles. The summed E-state index contributed by atoms with van der Waals surface area (Å²) in [5.41, 5.74) is 2.08. The van der Waals surface area contributed by atoms with E-state index in [0.717, 1.165) is 29.6 Å². The highest BCUT2D eigenvalue weighted by molar-refractivity contribution is 5.45. The fourth-order valence-electron chi connectivity index (χ4n) is 1.93. The third-order valence-corrected chi connectivity index (χ3v) is 2.65. The Labute approximate surface area is 114 Å². The van der Waals surface area contributed by atoms with E-state index < -0.39 is 0 Å². The third-order valence-electron chi connectivity index (χ3n) is 2.65. The summed E-state index contributed by atoms with van der Waals surface area (Å²) in [5.74, 6) is 1.76. The Hall–Kier alpha value is -1.97. The van der Waals surface area contributed by atoms with Crippen molar-refractivity contribution in [3.63, 3.8) is 0 Å². The van der Waals surface area contributed by atoms with Gasteiger partial charge in [0.25, 0.3) is 0 Å². The number of rotatable bonds is 5. The molecule has 0 unspecified atom stereocenters. The Morgan fingerprint density at radius 1 is 1.26 bits per heavy atom. The van der Waals surface area contributed by atoms with E-state index in [2.05, 4.69) is 21.8 Å². The van der Waals surface area contributed by atoms with Crippen molar-refractivity contribution in [2.24, 2.45) is 0 Å². The molecule has 0 fully saturated rings. The Kier molecular flexibility index (Phi) is 4.10. The molecule has 2 rings (SSSR count).